The van der Waals surface area contributed by atoms with Gasteiger partial charge < -0.3 is 19.4 Å². The second kappa shape index (κ2) is 12.9. The average Bonchev–Trinajstić information content (AvgIpc) is 3.66. The molecule has 0 saturated heterocycles. The molecule has 4 aromatic heterocycles. The van der Waals surface area contributed by atoms with Gasteiger partial charge in [-0.05, 0) is 44.7 Å². The molecule has 12 nitrogen and oxygen atoms in total. The van der Waals surface area contributed by atoms with E-state index < -0.39 is 23.6 Å². The maximum absolute atomic E-state index is 14.1. The molecule has 15 heteroatoms. The number of carbonyl (C=O) groups excluding carboxylic acids is 2. The molecule has 2 aliphatic rings. The lowest BCUT2D eigenvalue weighted by Crippen LogP contribution is -2.37. The van der Waals surface area contributed by atoms with E-state index in [0.717, 1.165) is 44.1 Å². The van der Waals surface area contributed by atoms with Crippen molar-refractivity contribution in [3.05, 3.63) is 53.4 Å². The topological polar surface area (TPSA) is 148 Å². The molecule has 0 spiro atoms. The molecular formula is C32H35F3N8O4. The number of methoxy groups -OCH3 is 1. The highest BCUT2D eigenvalue weighted by Gasteiger charge is 2.40. The van der Waals surface area contributed by atoms with Crippen LogP contribution in [0.1, 0.15) is 83.6 Å². The molecule has 2 fully saturated rings. The van der Waals surface area contributed by atoms with Crippen molar-refractivity contribution in [2.24, 2.45) is 5.41 Å². The minimum absolute atomic E-state index is 0.0432. The van der Waals surface area contributed by atoms with Crippen LogP contribution in [0.2, 0.25) is 0 Å². The van der Waals surface area contributed by atoms with E-state index in [1.807, 2.05) is 11.9 Å². The molecule has 0 bridgehead atoms. The number of rotatable bonds is 11. The first-order valence-corrected chi connectivity index (χ1v) is 15.5. The monoisotopic (exact) mass is 652 g/mol. The van der Waals surface area contributed by atoms with Gasteiger partial charge in [0.1, 0.15) is 11.2 Å². The Morgan fingerprint density at radius 3 is 2.43 bits per heavy atom. The van der Waals surface area contributed by atoms with Crippen LogP contribution in [0.25, 0.3) is 22.4 Å². The summed E-state index contributed by atoms with van der Waals surface area (Å²) in [5.74, 6) is -1.45. The quantitative estimate of drug-likeness (QED) is 0.191. The molecule has 47 heavy (non-hydrogen) atoms. The number of hydrogen-bond acceptors (Lipinski definition) is 10. The summed E-state index contributed by atoms with van der Waals surface area (Å²) in [7, 11) is 3.58. The van der Waals surface area contributed by atoms with Crippen molar-refractivity contribution < 1.29 is 32.2 Å². The molecule has 2 N–H and O–H groups in total. The molecule has 0 radical (unpaired) electrons. The van der Waals surface area contributed by atoms with Gasteiger partial charge >= 0.3 is 12.1 Å². The second-order valence-electron chi connectivity index (χ2n) is 12.2. The molecule has 0 aromatic carbocycles. The molecular weight excluding hydrogens is 617 g/mol. The van der Waals surface area contributed by atoms with Gasteiger partial charge in [-0.1, -0.05) is 12.8 Å². The molecule has 0 unspecified atom stereocenters. The fourth-order valence-electron chi connectivity index (χ4n) is 6.30. The van der Waals surface area contributed by atoms with Crippen LogP contribution in [0.4, 0.5) is 24.8 Å². The van der Waals surface area contributed by atoms with Gasteiger partial charge in [-0.15, -0.1) is 0 Å². The van der Waals surface area contributed by atoms with Crippen LogP contribution >= 0.6 is 0 Å². The molecule has 0 aliphatic heterocycles. The van der Waals surface area contributed by atoms with Crippen molar-refractivity contribution in [2.75, 3.05) is 44.1 Å². The summed E-state index contributed by atoms with van der Waals surface area (Å²) in [4.78, 5) is 51.4. The van der Waals surface area contributed by atoms with Crippen LogP contribution in [-0.2, 0) is 15.7 Å². The first kappa shape index (κ1) is 32.3. The number of aromatic amines is 1. The van der Waals surface area contributed by atoms with E-state index in [1.165, 1.54) is 6.20 Å². The van der Waals surface area contributed by atoms with Crippen LogP contribution in [0.15, 0.2) is 30.7 Å². The van der Waals surface area contributed by atoms with Gasteiger partial charge in [-0.3, -0.25) is 15.1 Å². The number of amides is 1. The molecule has 248 valence electrons. The molecule has 6 rings (SSSR count). The third-order valence-corrected chi connectivity index (χ3v) is 8.62. The first-order chi connectivity index (χ1) is 22.5. The van der Waals surface area contributed by atoms with Crippen LogP contribution in [0.3, 0.4) is 0 Å². The fraction of sp³-hybridized carbons (Fsp3) is 0.469. The zero-order valence-corrected chi connectivity index (χ0v) is 26.3. The summed E-state index contributed by atoms with van der Waals surface area (Å²) in [6, 6.07) is 2.82. The van der Waals surface area contributed by atoms with E-state index in [1.54, 1.807) is 20.1 Å². The molecule has 2 saturated carbocycles. The number of alkyl halides is 3. The van der Waals surface area contributed by atoms with E-state index in [4.69, 9.17) is 9.47 Å². The number of nitrogens with zero attached hydrogens (tertiary/aromatic N) is 6. The van der Waals surface area contributed by atoms with Crippen molar-refractivity contribution >= 4 is 34.7 Å². The third-order valence-electron chi connectivity index (χ3n) is 8.62. The number of ether oxygens (including phenoxy) is 2. The molecule has 1 amide bonds. The number of halogens is 3. The standard InChI is InChI=1S/C32H35F3N8O4/c1-4-47-29(45)23-15-36-22(14-37-23)28(44)42-30-40-26-24(43(2)16-31(17-46-3)9-5-6-10-31)12-21(39-27(26)41-30)19-11-20(32(33,34)35)25(38-13-19)18-7-8-18/h11-15,18H,4-10,16-17H2,1-3H3,(H2,39,40,41,42,44). The number of pyridine rings is 2. The number of aromatic nitrogens is 6. The van der Waals surface area contributed by atoms with E-state index in [-0.39, 0.29) is 57.9 Å². The lowest BCUT2D eigenvalue weighted by Gasteiger charge is -2.34. The zero-order chi connectivity index (χ0) is 33.3. The van der Waals surface area contributed by atoms with E-state index >= 15 is 0 Å². The van der Waals surface area contributed by atoms with Gasteiger partial charge in [0.15, 0.2) is 11.3 Å². The largest absolute Gasteiger partial charge is 0.461 e. The zero-order valence-electron chi connectivity index (χ0n) is 26.3. The number of fused-ring (bicyclic) bond motifs is 1. The van der Waals surface area contributed by atoms with Crippen LogP contribution in [-0.4, -0.2) is 75.7 Å². The summed E-state index contributed by atoms with van der Waals surface area (Å²) in [6.07, 6.45) is 4.63. The van der Waals surface area contributed by atoms with Gasteiger partial charge in [0.05, 0.1) is 48.2 Å². The van der Waals surface area contributed by atoms with Gasteiger partial charge in [-0.2, -0.15) is 18.2 Å². The Morgan fingerprint density at radius 1 is 1.06 bits per heavy atom. The number of esters is 1. The average molecular weight is 653 g/mol. The number of H-pyrrole nitrogens is 1. The highest BCUT2D eigenvalue weighted by Crippen LogP contribution is 2.46. The van der Waals surface area contributed by atoms with Gasteiger partial charge in [-0.25, -0.2) is 19.7 Å². The Hall–Kier alpha value is -4.66. The van der Waals surface area contributed by atoms with Crippen LogP contribution in [0, 0.1) is 5.41 Å². The predicted octanol–water partition coefficient (Wildman–Crippen LogP) is 5.78. The number of carbonyl (C=O) groups is 2. The Balaban J connectivity index is 1.37. The van der Waals surface area contributed by atoms with Crippen molar-refractivity contribution in [1.82, 2.24) is 29.9 Å². The highest BCUT2D eigenvalue weighted by molar-refractivity contribution is 6.03. The first-order valence-electron chi connectivity index (χ1n) is 15.5. The molecule has 2 aliphatic carbocycles. The smallest absolute Gasteiger partial charge is 0.418 e. The van der Waals surface area contributed by atoms with Crippen molar-refractivity contribution in [3.63, 3.8) is 0 Å². The third kappa shape index (κ3) is 6.89. The van der Waals surface area contributed by atoms with Gasteiger partial charge in [0.25, 0.3) is 5.91 Å². The maximum Gasteiger partial charge on any atom is 0.418 e. The minimum Gasteiger partial charge on any atom is -0.461 e. The Bertz CT molecular complexity index is 1780. The Labute approximate surface area is 268 Å². The minimum atomic E-state index is -4.57. The molecule has 4 aromatic rings. The van der Waals surface area contributed by atoms with Gasteiger partial charge in [0, 0.05) is 43.8 Å². The Kier molecular flexibility index (Phi) is 8.83. The number of nitrogens with one attached hydrogen (secondary N) is 2. The number of anilines is 2. The SMILES string of the molecule is CCOC(=O)c1cnc(C(=O)Nc2nc3nc(-c4cnc(C5CC5)c(C(F)(F)F)c4)cc(N(C)CC4(COC)CCCC4)c3[nH]2)cn1. The summed E-state index contributed by atoms with van der Waals surface area (Å²) in [5.41, 5.74) is 0.866. The molecule has 4 heterocycles. The maximum atomic E-state index is 14.1. The van der Waals surface area contributed by atoms with Crippen molar-refractivity contribution in [2.45, 2.75) is 57.5 Å². The fourth-order valence-corrected chi connectivity index (χ4v) is 6.30. The Morgan fingerprint density at radius 2 is 1.79 bits per heavy atom. The lowest BCUT2D eigenvalue weighted by atomic mass is 9.86. The second-order valence-corrected chi connectivity index (χ2v) is 12.2. The van der Waals surface area contributed by atoms with Crippen molar-refractivity contribution in [3.8, 4) is 11.3 Å². The highest BCUT2D eigenvalue weighted by atomic mass is 19.4. The predicted molar refractivity (Wildman–Crippen MR) is 166 cm³/mol. The summed E-state index contributed by atoms with van der Waals surface area (Å²) in [5, 5.41) is 2.64. The van der Waals surface area contributed by atoms with E-state index in [9.17, 15) is 22.8 Å². The van der Waals surface area contributed by atoms with Crippen LogP contribution in [0.5, 0.6) is 0 Å². The lowest BCUT2D eigenvalue weighted by molar-refractivity contribution is -0.138. The van der Waals surface area contributed by atoms with Gasteiger partial charge in [0.2, 0.25) is 5.95 Å². The summed E-state index contributed by atoms with van der Waals surface area (Å²) in [6.45, 7) is 3.02. The van der Waals surface area contributed by atoms with E-state index in [2.05, 4.69) is 35.2 Å². The van der Waals surface area contributed by atoms with Crippen molar-refractivity contribution in [1.29, 1.82) is 0 Å². The summed E-state index contributed by atoms with van der Waals surface area (Å²) >= 11 is 0. The number of hydrogen-bond donors (Lipinski definition) is 2. The number of imidazole rings is 1. The molecule has 0 atom stereocenters. The summed E-state index contributed by atoms with van der Waals surface area (Å²) < 4.78 is 52.9. The van der Waals surface area contributed by atoms with E-state index in [0.29, 0.717) is 37.2 Å². The normalized spacial score (nSPS) is 16.0. The van der Waals surface area contributed by atoms with Crippen LogP contribution < -0.4 is 10.2 Å².